The molecule has 3 rings (SSSR count). The second-order valence-corrected chi connectivity index (χ2v) is 5.38. The zero-order chi connectivity index (χ0) is 11.1. The predicted octanol–water partition coefficient (Wildman–Crippen LogP) is 0.578. The first-order valence-corrected chi connectivity index (χ1v) is 6.20. The maximum absolute atomic E-state index is 11.0. The standard InChI is InChI=1S/C11H8N2O2S/c14-11(15)16-5-3-9-10(16)7-13-4-1-2-8(13)6-12-9/h1-4,6-7H,5H2. The average Bonchev–Trinajstić information content (AvgIpc) is 2.81. The molecular formula is C11H8N2O2S. The van der Waals surface area contributed by atoms with E-state index in [-0.39, 0.29) is 0 Å². The van der Waals surface area contributed by atoms with Crippen molar-refractivity contribution in [2.24, 2.45) is 4.99 Å². The molecule has 0 aromatic carbocycles. The summed E-state index contributed by atoms with van der Waals surface area (Å²) < 4.78 is 1.88. The molecule has 0 aliphatic carbocycles. The second-order valence-electron chi connectivity index (χ2n) is 3.49. The number of rotatable bonds is 0. The Kier molecular flexibility index (Phi) is 2.00. The summed E-state index contributed by atoms with van der Waals surface area (Å²) in [5, 5.41) is 9.97. The third-order valence-corrected chi connectivity index (χ3v) is 4.31. The molecular weight excluding hydrogens is 224 g/mol. The van der Waals surface area contributed by atoms with Crippen LogP contribution >= 0.6 is 0 Å². The number of aromatic nitrogens is 1. The molecule has 16 heavy (non-hydrogen) atoms. The molecule has 0 N–H and O–H groups in total. The predicted molar refractivity (Wildman–Crippen MR) is 62.0 cm³/mol. The van der Waals surface area contributed by atoms with Crippen LogP contribution in [0.2, 0.25) is 0 Å². The number of carboxylic acid groups (broad SMARTS) is 1. The summed E-state index contributed by atoms with van der Waals surface area (Å²) in [5.41, 5.74) is 1.71. The first kappa shape index (κ1) is 9.47. The van der Waals surface area contributed by atoms with Gasteiger partial charge in [0, 0.05) is 6.20 Å². The van der Waals surface area contributed by atoms with Gasteiger partial charge in [-0.25, -0.2) is 4.99 Å². The largest absolute Gasteiger partial charge is 0.504 e. The molecule has 0 radical (unpaired) electrons. The van der Waals surface area contributed by atoms with Gasteiger partial charge in [0.2, 0.25) is 4.91 Å². The number of hydrogen-bond acceptors (Lipinski definition) is 3. The monoisotopic (exact) mass is 232 g/mol. The number of hydrogen-bond donors (Lipinski definition) is 0. The maximum atomic E-state index is 11.0. The number of carbonyl (C=O) groups is 1. The highest BCUT2D eigenvalue weighted by molar-refractivity contribution is 8.14. The van der Waals surface area contributed by atoms with E-state index in [2.05, 4.69) is 4.99 Å². The van der Waals surface area contributed by atoms with E-state index >= 15 is 0 Å². The zero-order valence-corrected chi connectivity index (χ0v) is 9.11. The third kappa shape index (κ3) is 1.32. The summed E-state index contributed by atoms with van der Waals surface area (Å²) in [6.45, 7) is 0. The summed E-state index contributed by atoms with van der Waals surface area (Å²) in [5.74, 6) is 0.497. The summed E-state index contributed by atoms with van der Waals surface area (Å²) in [6.07, 6.45) is 7.32. The Bertz CT molecular complexity index is 554. The maximum Gasteiger partial charge on any atom is 0.279 e. The van der Waals surface area contributed by atoms with Crippen LogP contribution in [0.5, 0.6) is 0 Å². The van der Waals surface area contributed by atoms with Crippen LogP contribution in [0.3, 0.4) is 0 Å². The highest BCUT2D eigenvalue weighted by Crippen LogP contribution is 2.30. The number of carbonyl (C=O) groups excluding carboxylic acids is 1. The second kappa shape index (κ2) is 3.38. The van der Waals surface area contributed by atoms with E-state index in [4.69, 9.17) is 0 Å². The van der Waals surface area contributed by atoms with Crippen molar-refractivity contribution in [2.75, 3.05) is 5.75 Å². The fourth-order valence-corrected chi connectivity index (χ4v) is 3.23. The Labute approximate surface area is 95.0 Å². The van der Waals surface area contributed by atoms with Crippen molar-refractivity contribution >= 4 is 28.6 Å². The minimum Gasteiger partial charge on any atom is -0.504 e. The van der Waals surface area contributed by atoms with E-state index in [0.717, 1.165) is 16.3 Å². The molecule has 5 heteroatoms. The lowest BCUT2D eigenvalue weighted by molar-refractivity contribution is -0.232. The summed E-state index contributed by atoms with van der Waals surface area (Å²) in [7, 11) is -0.859. The van der Waals surface area contributed by atoms with Gasteiger partial charge in [0.25, 0.3) is 5.30 Å². The molecule has 0 spiro atoms. The van der Waals surface area contributed by atoms with E-state index in [0.29, 0.717) is 5.75 Å². The van der Waals surface area contributed by atoms with E-state index in [1.165, 1.54) is 0 Å². The minimum absolute atomic E-state index is 0.497. The summed E-state index contributed by atoms with van der Waals surface area (Å²) in [4.78, 5) is 16.0. The molecule has 0 saturated heterocycles. The SMILES string of the molecule is O=C([O-])[S+]1CC=C2N=Cc3cccn3C=C21. The van der Waals surface area contributed by atoms with Gasteiger partial charge in [-0.15, -0.1) is 0 Å². The van der Waals surface area contributed by atoms with Gasteiger partial charge in [0.05, 0.1) is 29.0 Å². The molecule has 4 nitrogen and oxygen atoms in total. The van der Waals surface area contributed by atoms with Crippen LogP contribution in [0.4, 0.5) is 4.79 Å². The Morgan fingerprint density at radius 1 is 1.56 bits per heavy atom. The van der Waals surface area contributed by atoms with Crippen molar-refractivity contribution < 1.29 is 9.90 Å². The Morgan fingerprint density at radius 3 is 3.25 bits per heavy atom. The van der Waals surface area contributed by atoms with Crippen LogP contribution < -0.4 is 5.11 Å². The normalized spacial score (nSPS) is 21.9. The van der Waals surface area contributed by atoms with Crippen LogP contribution in [0.15, 0.2) is 40.0 Å². The van der Waals surface area contributed by atoms with E-state index < -0.39 is 16.2 Å². The van der Waals surface area contributed by atoms with Crippen molar-refractivity contribution in [3.05, 3.63) is 40.7 Å². The quantitative estimate of drug-likeness (QED) is 0.614. The van der Waals surface area contributed by atoms with Gasteiger partial charge in [-0.2, -0.15) is 0 Å². The van der Waals surface area contributed by atoms with Crippen LogP contribution in [-0.2, 0) is 10.9 Å². The van der Waals surface area contributed by atoms with Gasteiger partial charge in [0.15, 0.2) is 0 Å². The first-order valence-electron chi connectivity index (χ1n) is 4.81. The smallest absolute Gasteiger partial charge is 0.279 e. The summed E-state index contributed by atoms with van der Waals surface area (Å²) >= 11 is 0. The lowest BCUT2D eigenvalue weighted by Gasteiger charge is -2.02. The van der Waals surface area contributed by atoms with Crippen molar-refractivity contribution in [3.8, 4) is 0 Å². The van der Waals surface area contributed by atoms with Gasteiger partial charge in [0.1, 0.15) is 11.4 Å². The Hall–Kier alpha value is -1.75. The molecule has 80 valence electrons. The molecule has 1 atom stereocenters. The van der Waals surface area contributed by atoms with Crippen molar-refractivity contribution in [1.29, 1.82) is 0 Å². The zero-order valence-electron chi connectivity index (χ0n) is 8.29. The molecule has 2 aliphatic rings. The van der Waals surface area contributed by atoms with Crippen LogP contribution in [0.1, 0.15) is 5.69 Å². The summed E-state index contributed by atoms with van der Waals surface area (Å²) in [6, 6.07) is 3.83. The van der Waals surface area contributed by atoms with Gasteiger partial charge in [-0.3, -0.25) is 0 Å². The number of fused-ring (bicyclic) bond motifs is 2. The number of nitrogens with zero attached hydrogens (tertiary/aromatic N) is 2. The van der Waals surface area contributed by atoms with E-state index in [1.54, 1.807) is 6.21 Å². The van der Waals surface area contributed by atoms with E-state index in [9.17, 15) is 9.90 Å². The van der Waals surface area contributed by atoms with E-state index in [1.807, 2.05) is 35.2 Å². The number of aliphatic imine (C=N–C) groups is 1. The van der Waals surface area contributed by atoms with Gasteiger partial charge in [-0.05, 0) is 18.2 Å². The lowest BCUT2D eigenvalue weighted by atomic mass is 10.4. The van der Waals surface area contributed by atoms with Crippen molar-refractivity contribution in [2.45, 2.75) is 0 Å². The minimum atomic E-state index is -1.01. The first-order chi connectivity index (χ1) is 7.75. The molecule has 2 aliphatic heterocycles. The third-order valence-electron chi connectivity index (χ3n) is 2.57. The highest BCUT2D eigenvalue weighted by atomic mass is 32.2. The molecule has 0 fully saturated rings. The molecule has 1 unspecified atom stereocenters. The molecule has 0 saturated carbocycles. The average molecular weight is 232 g/mol. The molecule has 3 heterocycles. The molecule has 0 bridgehead atoms. The fourth-order valence-electron chi connectivity index (χ4n) is 1.78. The van der Waals surface area contributed by atoms with Crippen molar-refractivity contribution in [1.82, 2.24) is 4.57 Å². The Balaban J connectivity index is 2.13. The fraction of sp³-hybridized carbons (Fsp3) is 0.0909. The van der Waals surface area contributed by atoms with Crippen molar-refractivity contribution in [3.63, 3.8) is 0 Å². The highest BCUT2D eigenvalue weighted by Gasteiger charge is 2.36. The van der Waals surface area contributed by atoms with Crippen LogP contribution in [0.25, 0.3) is 6.20 Å². The molecule has 1 aromatic rings. The van der Waals surface area contributed by atoms with Gasteiger partial charge in [-0.1, -0.05) is 0 Å². The molecule has 0 amide bonds. The topological polar surface area (TPSA) is 57.4 Å². The molecule has 1 aromatic heterocycles. The Morgan fingerprint density at radius 2 is 2.44 bits per heavy atom. The van der Waals surface area contributed by atoms with Gasteiger partial charge >= 0.3 is 0 Å². The van der Waals surface area contributed by atoms with Crippen LogP contribution in [-0.4, -0.2) is 21.8 Å². The lowest BCUT2D eigenvalue weighted by Crippen LogP contribution is -2.31. The van der Waals surface area contributed by atoms with Crippen LogP contribution in [0, 0.1) is 0 Å². The van der Waals surface area contributed by atoms with Gasteiger partial charge < -0.3 is 14.5 Å².